The number of imidazole rings is 1. The summed E-state index contributed by atoms with van der Waals surface area (Å²) in [5.41, 5.74) is 0.444. The van der Waals surface area contributed by atoms with E-state index in [4.69, 9.17) is 0 Å². The number of benzene rings is 1. The molecule has 1 aromatic carbocycles. The summed E-state index contributed by atoms with van der Waals surface area (Å²) in [5, 5.41) is 3.52. The molecule has 3 heterocycles. The fourth-order valence-electron chi connectivity index (χ4n) is 3.51. The smallest absolute Gasteiger partial charge is 0.342 e. The Hall–Kier alpha value is -1.56. The third-order valence-electron chi connectivity index (χ3n) is 4.48. The maximum Gasteiger partial charge on any atom is 0.416 e. The lowest BCUT2D eigenvalue weighted by Crippen LogP contribution is -2.22. The van der Waals surface area contributed by atoms with Gasteiger partial charge in [-0.25, -0.2) is 4.98 Å². The van der Waals surface area contributed by atoms with E-state index in [1.54, 1.807) is 0 Å². The summed E-state index contributed by atoms with van der Waals surface area (Å²) in [6.45, 7) is 0. The largest absolute Gasteiger partial charge is 0.416 e. The molecule has 2 aliphatic heterocycles. The Balaban J connectivity index is 1.72. The highest BCUT2D eigenvalue weighted by Crippen LogP contribution is 2.39. The molecular formula is C14H14F3N3. The molecule has 0 saturated carbocycles. The molecule has 2 aromatic rings. The topological polar surface area (TPSA) is 40.7 Å². The van der Waals surface area contributed by atoms with Gasteiger partial charge in [0.1, 0.15) is 5.82 Å². The first-order valence-corrected chi connectivity index (χ1v) is 6.83. The summed E-state index contributed by atoms with van der Waals surface area (Å²) in [6.07, 6.45) is -0.968. The summed E-state index contributed by atoms with van der Waals surface area (Å²) >= 11 is 0. The molecule has 2 bridgehead atoms. The quantitative estimate of drug-likeness (QED) is 0.842. The van der Waals surface area contributed by atoms with Gasteiger partial charge in [0.05, 0.1) is 16.6 Å². The van der Waals surface area contributed by atoms with Crippen molar-refractivity contribution >= 4 is 11.0 Å². The van der Waals surface area contributed by atoms with Gasteiger partial charge in [0, 0.05) is 18.0 Å². The molecule has 2 saturated heterocycles. The Labute approximate surface area is 113 Å². The molecule has 6 heteroatoms. The van der Waals surface area contributed by atoms with E-state index in [9.17, 15) is 13.2 Å². The number of aromatic amines is 1. The first-order chi connectivity index (χ1) is 9.50. The molecule has 20 heavy (non-hydrogen) atoms. The van der Waals surface area contributed by atoms with Crippen molar-refractivity contribution in [1.29, 1.82) is 0 Å². The SMILES string of the molecule is FC(F)(F)c1ccc2nc(C3CC4CCC3N4)[nH]c2c1. The van der Waals surface area contributed by atoms with Crippen molar-refractivity contribution in [3.63, 3.8) is 0 Å². The molecule has 0 aliphatic carbocycles. The number of aromatic nitrogens is 2. The minimum atomic E-state index is -4.31. The average molecular weight is 281 g/mol. The van der Waals surface area contributed by atoms with Gasteiger partial charge in [0.15, 0.2) is 0 Å². The number of hydrogen-bond acceptors (Lipinski definition) is 2. The Bertz CT molecular complexity index is 661. The van der Waals surface area contributed by atoms with Crippen LogP contribution in [0.25, 0.3) is 11.0 Å². The molecule has 3 nitrogen and oxygen atoms in total. The zero-order chi connectivity index (χ0) is 13.9. The van der Waals surface area contributed by atoms with Crippen LogP contribution in [0.3, 0.4) is 0 Å². The van der Waals surface area contributed by atoms with E-state index in [0.29, 0.717) is 29.0 Å². The number of hydrogen-bond donors (Lipinski definition) is 2. The number of alkyl halides is 3. The summed E-state index contributed by atoms with van der Waals surface area (Å²) in [7, 11) is 0. The molecule has 0 amide bonds. The van der Waals surface area contributed by atoms with Crippen molar-refractivity contribution in [2.45, 2.75) is 43.4 Å². The first kappa shape index (κ1) is 12.2. The molecule has 2 fully saturated rings. The van der Waals surface area contributed by atoms with E-state index in [-0.39, 0.29) is 0 Å². The van der Waals surface area contributed by atoms with Crippen LogP contribution < -0.4 is 5.32 Å². The van der Waals surface area contributed by atoms with Crippen LogP contribution in [0.1, 0.15) is 36.6 Å². The number of nitrogens with one attached hydrogen (secondary N) is 2. The normalized spacial score (nSPS) is 29.4. The highest BCUT2D eigenvalue weighted by Gasteiger charge is 2.41. The highest BCUT2D eigenvalue weighted by molar-refractivity contribution is 5.76. The number of nitrogens with zero attached hydrogens (tertiary/aromatic N) is 1. The second kappa shape index (κ2) is 3.97. The van der Waals surface area contributed by atoms with Crippen molar-refractivity contribution < 1.29 is 13.2 Å². The fraction of sp³-hybridized carbons (Fsp3) is 0.500. The predicted octanol–water partition coefficient (Wildman–Crippen LogP) is 3.19. The Kier molecular flexibility index (Phi) is 2.42. The Morgan fingerprint density at radius 3 is 2.70 bits per heavy atom. The van der Waals surface area contributed by atoms with E-state index in [1.165, 1.54) is 12.5 Å². The van der Waals surface area contributed by atoms with E-state index in [1.807, 2.05) is 0 Å². The van der Waals surface area contributed by atoms with Gasteiger partial charge in [0.2, 0.25) is 0 Å². The van der Waals surface area contributed by atoms with Gasteiger partial charge >= 0.3 is 6.18 Å². The third kappa shape index (κ3) is 1.82. The van der Waals surface area contributed by atoms with Crippen molar-refractivity contribution in [3.8, 4) is 0 Å². The second-order valence-corrected chi connectivity index (χ2v) is 5.74. The van der Waals surface area contributed by atoms with Gasteiger partial charge in [-0.15, -0.1) is 0 Å². The van der Waals surface area contributed by atoms with Gasteiger partial charge in [-0.3, -0.25) is 0 Å². The van der Waals surface area contributed by atoms with Gasteiger partial charge in [0.25, 0.3) is 0 Å². The molecule has 0 spiro atoms. The van der Waals surface area contributed by atoms with E-state index < -0.39 is 11.7 Å². The Morgan fingerprint density at radius 1 is 1.20 bits per heavy atom. The average Bonchev–Trinajstić information content (AvgIpc) is 3.10. The maximum atomic E-state index is 12.7. The second-order valence-electron chi connectivity index (χ2n) is 5.74. The number of rotatable bonds is 1. The van der Waals surface area contributed by atoms with Gasteiger partial charge in [-0.05, 0) is 37.5 Å². The van der Waals surface area contributed by atoms with Gasteiger partial charge < -0.3 is 10.3 Å². The molecule has 4 rings (SSSR count). The summed E-state index contributed by atoms with van der Waals surface area (Å²) in [5.74, 6) is 1.12. The summed E-state index contributed by atoms with van der Waals surface area (Å²) < 4.78 is 38.1. The van der Waals surface area contributed by atoms with Crippen molar-refractivity contribution in [2.75, 3.05) is 0 Å². The molecule has 106 valence electrons. The first-order valence-electron chi connectivity index (χ1n) is 6.83. The Morgan fingerprint density at radius 2 is 2.05 bits per heavy atom. The van der Waals surface area contributed by atoms with Crippen LogP contribution in [0, 0.1) is 0 Å². The monoisotopic (exact) mass is 281 g/mol. The van der Waals surface area contributed by atoms with Crippen molar-refractivity contribution in [2.24, 2.45) is 0 Å². The summed E-state index contributed by atoms with van der Waals surface area (Å²) in [6, 6.07) is 4.64. The highest BCUT2D eigenvalue weighted by atomic mass is 19.4. The molecular weight excluding hydrogens is 267 g/mol. The lowest BCUT2D eigenvalue weighted by atomic mass is 9.89. The molecule has 1 aromatic heterocycles. The number of H-pyrrole nitrogens is 1. The lowest BCUT2D eigenvalue weighted by molar-refractivity contribution is -0.137. The van der Waals surface area contributed by atoms with E-state index in [2.05, 4.69) is 15.3 Å². The van der Waals surface area contributed by atoms with Crippen molar-refractivity contribution in [3.05, 3.63) is 29.6 Å². The zero-order valence-corrected chi connectivity index (χ0v) is 10.7. The molecule has 0 radical (unpaired) electrons. The number of halogens is 3. The van der Waals surface area contributed by atoms with Crippen LogP contribution in [-0.2, 0) is 6.18 Å². The van der Waals surface area contributed by atoms with E-state index in [0.717, 1.165) is 30.8 Å². The molecule has 2 N–H and O–H groups in total. The van der Waals surface area contributed by atoms with Gasteiger partial charge in [-0.2, -0.15) is 13.2 Å². The van der Waals surface area contributed by atoms with Crippen LogP contribution in [-0.4, -0.2) is 22.1 Å². The minimum Gasteiger partial charge on any atom is -0.342 e. The summed E-state index contributed by atoms with van der Waals surface area (Å²) in [4.78, 5) is 7.56. The maximum absolute atomic E-state index is 12.7. The fourth-order valence-corrected chi connectivity index (χ4v) is 3.51. The van der Waals surface area contributed by atoms with Gasteiger partial charge in [-0.1, -0.05) is 0 Å². The minimum absolute atomic E-state index is 0.301. The number of fused-ring (bicyclic) bond motifs is 3. The van der Waals surface area contributed by atoms with Crippen LogP contribution in [0.4, 0.5) is 13.2 Å². The van der Waals surface area contributed by atoms with Crippen LogP contribution >= 0.6 is 0 Å². The zero-order valence-electron chi connectivity index (χ0n) is 10.7. The molecule has 3 atom stereocenters. The van der Waals surface area contributed by atoms with Crippen LogP contribution in [0.5, 0.6) is 0 Å². The lowest BCUT2D eigenvalue weighted by Gasteiger charge is -2.17. The van der Waals surface area contributed by atoms with Crippen LogP contribution in [0.15, 0.2) is 18.2 Å². The van der Waals surface area contributed by atoms with Crippen molar-refractivity contribution in [1.82, 2.24) is 15.3 Å². The van der Waals surface area contributed by atoms with E-state index >= 15 is 0 Å². The van der Waals surface area contributed by atoms with Crippen LogP contribution in [0.2, 0.25) is 0 Å². The predicted molar refractivity (Wildman–Crippen MR) is 68.4 cm³/mol. The molecule has 2 aliphatic rings. The molecule has 3 unspecified atom stereocenters. The standard InChI is InChI=1S/C14H14F3N3/c15-14(16,17)7-1-3-11-12(5-7)20-13(19-11)9-6-8-2-4-10(9)18-8/h1,3,5,8-10,18H,2,4,6H2,(H,19,20). The third-order valence-corrected chi connectivity index (χ3v) is 4.48.